The minimum absolute atomic E-state index is 0.384. The van der Waals surface area contributed by atoms with Crippen LogP contribution in [0.4, 0.5) is 5.69 Å². The Morgan fingerprint density at radius 2 is 1.96 bits per heavy atom. The number of carbonyl (C=O) groups is 2. The van der Waals surface area contributed by atoms with E-state index >= 15 is 0 Å². The van der Waals surface area contributed by atoms with E-state index < -0.39 is 12.1 Å². The van der Waals surface area contributed by atoms with Crippen LogP contribution in [-0.4, -0.2) is 27.8 Å². The van der Waals surface area contributed by atoms with Crippen molar-refractivity contribution in [3.63, 3.8) is 0 Å². The Morgan fingerprint density at radius 3 is 2.52 bits per heavy atom. The van der Waals surface area contributed by atoms with Gasteiger partial charge in [-0.15, -0.1) is 0 Å². The standard InChI is InChI=1S/C17H21N3O3/c1-10-7-6-8-14(9-10)17(22)23-13(4)16(21)18-15-11(2)19-20(5)12(15)3/h6-9,13H,1-5H3,(H,18,21)/t13-/m1/s1. The lowest BCUT2D eigenvalue weighted by molar-refractivity contribution is -0.123. The molecule has 23 heavy (non-hydrogen) atoms. The summed E-state index contributed by atoms with van der Waals surface area (Å²) in [6.07, 6.45) is -0.901. The zero-order chi connectivity index (χ0) is 17.1. The molecule has 6 nitrogen and oxygen atoms in total. The van der Waals surface area contributed by atoms with Gasteiger partial charge >= 0.3 is 5.97 Å². The molecule has 0 saturated carbocycles. The first-order valence-corrected chi connectivity index (χ1v) is 7.38. The molecule has 1 aromatic carbocycles. The Balaban J connectivity index is 2.04. The van der Waals surface area contributed by atoms with Crippen molar-refractivity contribution in [2.75, 3.05) is 5.32 Å². The summed E-state index contributed by atoms with van der Waals surface area (Å²) < 4.78 is 6.92. The molecule has 1 aromatic heterocycles. The van der Waals surface area contributed by atoms with Crippen LogP contribution < -0.4 is 5.32 Å². The first-order chi connectivity index (χ1) is 10.8. The van der Waals surface area contributed by atoms with E-state index in [9.17, 15) is 9.59 Å². The SMILES string of the molecule is Cc1cccc(C(=O)O[C@H](C)C(=O)Nc2c(C)nn(C)c2C)c1. The van der Waals surface area contributed by atoms with Crippen LogP contribution in [-0.2, 0) is 16.6 Å². The van der Waals surface area contributed by atoms with Gasteiger partial charge in [0.2, 0.25) is 0 Å². The smallest absolute Gasteiger partial charge is 0.338 e. The minimum atomic E-state index is -0.901. The Labute approximate surface area is 135 Å². The van der Waals surface area contributed by atoms with E-state index in [1.54, 1.807) is 36.9 Å². The van der Waals surface area contributed by atoms with E-state index in [4.69, 9.17) is 4.74 Å². The van der Waals surface area contributed by atoms with Gasteiger partial charge in [0.25, 0.3) is 5.91 Å². The number of ether oxygens (including phenoxy) is 1. The van der Waals surface area contributed by atoms with E-state index in [1.165, 1.54) is 0 Å². The Hall–Kier alpha value is -2.63. The Kier molecular flexibility index (Phi) is 4.83. The summed E-state index contributed by atoms with van der Waals surface area (Å²) in [5.74, 6) is -0.902. The van der Waals surface area contributed by atoms with Gasteiger partial charge in [0.05, 0.1) is 22.6 Å². The topological polar surface area (TPSA) is 73.2 Å². The van der Waals surface area contributed by atoms with Crippen molar-refractivity contribution in [1.82, 2.24) is 9.78 Å². The number of hydrogen-bond donors (Lipinski definition) is 1. The van der Waals surface area contributed by atoms with Gasteiger partial charge in [0, 0.05) is 7.05 Å². The fourth-order valence-electron chi connectivity index (χ4n) is 2.23. The summed E-state index contributed by atoms with van der Waals surface area (Å²) in [7, 11) is 1.80. The van der Waals surface area contributed by atoms with Gasteiger partial charge in [-0.05, 0) is 39.8 Å². The van der Waals surface area contributed by atoms with E-state index in [2.05, 4.69) is 10.4 Å². The number of rotatable bonds is 4. The van der Waals surface area contributed by atoms with Gasteiger partial charge in [0.1, 0.15) is 0 Å². The highest BCUT2D eigenvalue weighted by Gasteiger charge is 2.21. The van der Waals surface area contributed by atoms with Crippen LogP contribution in [0.15, 0.2) is 24.3 Å². The molecule has 1 atom stereocenters. The third kappa shape index (κ3) is 3.77. The zero-order valence-electron chi connectivity index (χ0n) is 14.0. The third-order valence-corrected chi connectivity index (χ3v) is 3.66. The third-order valence-electron chi connectivity index (χ3n) is 3.66. The molecule has 0 fully saturated rings. The lowest BCUT2D eigenvalue weighted by atomic mass is 10.1. The van der Waals surface area contributed by atoms with Crippen molar-refractivity contribution < 1.29 is 14.3 Å². The molecule has 0 radical (unpaired) electrons. The zero-order valence-corrected chi connectivity index (χ0v) is 14.0. The molecule has 0 saturated heterocycles. The van der Waals surface area contributed by atoms with Gasteiger partial charge in [-0.1, -0.05) is 17.7 Å². The molecule has 2 aromatic rings. The number of amides is 1. The molecular weight excluding hydrogens is 294 g/mol. The summed E-state index contributed by atoms with van der Waals surface area (Å²) in [6, 6.07) is 7.05. The second kappa shape index (κ2) is 6.64. The normalized spacial score (nSPS) is 11.9. The molecule has 122 valence electrons. The predicted octanol–water partition coefficient (Wildman–Crippen LogP) is 2.53. The number of nitrogens with one attached hydrogen (secondary N) is 1. The highest BCUT2D eigenvalue weighted by atomic mass is 16.5. The van der Waals surface area contributed by atoms with E-state index in [0.29, 0.717) is 11.3 Å². The number of esters is 1. The molecule has 0 aliphatic carbocycles. The van der Waals surface area contributed by atoms with Crippen LogP contribution in [0, 0.1) is 20.8 Å². The number of nitrogens with zero attached hydrogens (tertiary/aromatic N) is 2. The van der Waals surface area contributed by atoms with Crippen LogP contribution in [0.2, 0.25) is 0 Å². The molecule has 2 rings (SSSR count). The molecule has 0 bridgehead atoms. The van der Waals surface area contributed by atoms with Gasteiger partial charge in [-0.3, -0.25) is 9.48 Å². The fourth-order valence-corrected chi connectivity index (χ4v) is 2.23. The predicted molar refractivity (Wildman–Crippen MR) is 87.4 cm³/mol. The fraction of sp³-hybridized carbons (Fsp3) is 0.353. The van der Waals surface area contributed by atoms with Gasteiger partial charge in [0.15, 0.2) is 6.10 Å². The van der Waals surface area contributed by atoms with Gasteiger partial charge in [-0.25, -0.2) is 4.79 Å². The molecule has 6 heteroatoms. The summed E-state index contributed by atoms with van der Waals surface area (Å²) >= 11 is 0. The monoisotopic (exact) mass is 315 g/mol. The van der Waals surface area contributed by atoms with Crippen LogP contribution >= 0.6 is 0 Å². The molecule has 0 spiro atoms. The van der Waals surface area contributed by atoms with E-state index in [-0.39, 0.29) is 5.91 Å². The van der Waals surface area contributed by atoms with Crippen LogP contribution in [0.3, 0.4) is 0 Å². The summed E-state index contributed by atoms with van der Waals surface area (Å²) in [5, 5.41) is 7.00. The lowest BCUT2D eigenvalue weighted by Gasteiger charge is -2.14. The number of benzene rings is 1. The van der Waals surface area contributed by atoms with Crippen molar-refractivity contribution in [3.05, 3.63) is 46.8 Å². The van der Waals surface area contributed by atoms with Crippen molar-refractivity contribution in [1.29, 1.82) is 0 Å². The first-order valence-electron chi connectivity index (χ1n) is 7.38. The second-order valence-corrected chi connectivity index (χ2v) is 5.58. The van der Waals surface area contributed by atoms with E-state index in [1.807, 2.05) is 26.8 Å². The molecule has 1 N–H and O–H groups in total. The van der Waals surface area contributed by atoms with Crippen LogP contribution in [0.1, 0.15) is 34.2 Å². The number of anilines is 1. The minimum Gasteiger partial charge on any atom is -0.449 e. The van der Waals surface area contributed by atoms with Gasteiger partial charge in [-0.2, -0.15) is 5.10 Å². The molecular formula is C17H21N3O3. The highest BCUT2D eigenvalue weighted by Crippen LogP contribution is 2.19. The second-order valence-electron chi connectivity index (χ2n) is 5.58. The van der Waals surface area contributed by atoms with Crippen molar-refractivity contribution in [3.8, 4) is 0 Å². The largest absolute Gasteiger partial charge is 0.449 e. The van der Waals surface area contributed by atoms with Crippen LogP contribution in [0.5, 0.6) is 0 Å². The number of carbonyl (C=O) groups excluding carboxylic acids is 2. The average Bonchev–Trinajstić information content (AvgIpc) is 2.73. The van der Waals surface area contributed by atoms with E-state index in [0.717, 1.165) is 17.0 Å². The molecule has 0 aliphatic rings. The summed E-state index contributed by atoms with van der Waals surface area (Å²) in [6.45, 7) is 7.11. The molecule has 1 amide bonds. The maximum absolute atomic E-state index is 12.2. The number of aromatic nitrogens is 2. The quantitative estimate of drug-likeness (QED) is 0.880. The number of aryl methyl sites for hydroxylation is 3. The molecule has 0 aliphatic heterocycles. The van der Waals surface area contributed by atoms with Crippen molar-refractivity contribution >= 4 is 17.6 Å². The molecule has 1 heterocycles. The summed E-state index contributed by atoms with van der Waals surface area (Å²) in [5.41, 5.74) is 3.59. The maximum Gasteiger partial charge on any atom is 0.338 e. The maximum atomic E-state index is 12.2. The van der Waals surface area contributed by atoms with Crippen molar-refractivity contribution in [2.45, 2.75) is 33.8 Å². The van der Waals surface area contributed by atoms with Crippen LogP contribution in [0.25, 0.3) is 0 Å². The summed E-state index contributed by atoms with van der Waals surface area (Å²) in [4.78, 5) is 24.3. The number of hydrogen-bond acceptors (Lipinski definition) is 4. The lowest BCUT2D eigenvalue weighted by Crippen LogP contribution is -2.30. The Morgan fingerprint density at radius 1 is 1.26 bits per heavy atom. The van der Waals surface area contributed by atoms with Gasteiger partial charge < -0.3 is 10.1 Å². The first kappa shape index (κ1) is 16.7. The Bertz CT molecular complexity index is 750. The molecule has 0 unspecified atom stereocenters. The van der Waals surface area contributed by atoms with Crippen molar-refractivity contribution in [2.24, 2.45) is 7.05 Å². The average molecular weight is 315 g/mol. The highest BCUT2D eigenvalue weighted by molar-refractivity contribution is 5.98.